The zero-order valence-electron chi connectivity index (χ0n) is 13.0. The van der Waals surface area contributed by atoms with E-state index in [9.17, 15) is 5.26 Å². The monoisotopic (exact) mass is 314 g/mol. The number of hydrogen-bond acceptors (Lipinski definition) is 5. The van der Waals surface area contributed by atoms with Gasteiger partial charge in [0.15, 0.2) is 0 Å². The molecule has 3 N–H and O–H groups in total. The summed E-state index contributed by atoms with van der Waals surface area (Å²) >= 11 is 1.33. The summed E-state index contributed by atoms with van der Waals surface area (Å²) < 4.78 is 5.80. The van der Waals surface area contributed by atoms with Gasteiger partial charge in [-0.3, -0.25) is 5.10 Å². The normalized spacial score (nSPS) is 18.2. The van der Waals surface area contributed by atoms with Crippen LogP contribution in [-0.2, 0) is 5.41 Å². The van der Waals surface area contributed by atoms with Gasteiger partial charge in [0.05, 0.1) is 28.9 Å². The Bertz CT molecular complexity index is 801. The van der Waals surface area contributed by atoms with Crippen LogP contribution in [0.4, 0.5) is 0 Å². The van der Waals surface area contributed by atoms with Crippen molar-refractivity contribution in [3.05, 3.63) is 45.5 Å². The highest BCUT2D eigenvalue weighted by Gasteiger charge is 2.37. The molecule has 0 amide bonds. The van der Waals surface area contributed by atoms with Crippen LogP contribution in [0.15, 0.2) is 32.4 Å². The smallest absolute Gasteiger partial charge is 0.129 e. The number of thioether (sulfide) groups is 1. The maximum Gasteiger partial charge on any atom is 0.129 e. The minimum atomic E-state index is -0.302. The van der Waals surface area contributed by atoms with Gasteiger partial charge in [0.25, 0.3) is 0 Å². The summed E-state index contributed by atoms with van der Waals surface area (Å²) in [5.74, 6) is 0.474. The SMILES string of the molecule is Cc1[nH]nc2c1C(c1occc1C(C)(C)C)C(C#N)=C(N)S2. The molecule has 6 heteroatoms. The predicted molar refractivity (Wildman–Crippen MR) is 85.3 cm³/mol. The Labute approximate surface area is 133 Å². The van der Waals surface area contributed by atoms with Crippen LogP contribution in [0.5, 0.6) is 0 Å². The van der Waals surface area contributed by atoms with Crippen molar-refractivity contribution in [3.63, 3.8) is 0 Å². The maximum atomic E-state index is 9.60. The number of nitrogens with one attached hydrogen (secondary N) is 1. The van der Waals surface area contributed by atoms with Crippen LogP contribution in [0.3, 0.4) is 0 Å². The van der Waals surface area contributed by atoms with Crippen LogP contribution >= 0.6 is 11.8 Å². The Morgan fingerprint density at radius 3 is 2.82 bits per heavy atom. The van der Waals surface area contributed by atoms with Gasteiger partial charge >= 0.3 is 0 Å². The van der Waals surface area contributed by atoms with Crippen LogP contribution in [-0.4, -0.2) is 10.2 Å². The number of aryl methyl sites for hydroxylation is 1. The highest BCUT2D eigenvalue weighted by molar-refractivity contribution is 8.03. The number of furan rings is 1. The van der Waals surface area contributed by atoms with E-state index in [1.807, 2.05) is 13.0 Å². The van der Waals surface area contributed by atoms with Crippen molar-refractivity contribution in [2.75, 3.05) is 0 Å². The molecular formula is C16H18N4OS. The van der Waals surface area contributed by atoms with E-state index in [1.165, 1.54) is 11.8 Å². The largest absolute Gasteiger partial charge is 0.468 e. The topological polar surface area (TPSA) is 91.6 Å². The van der Waals surface area contributed by atoms with Gasteiger partial charge in [-0.05, 0) is 35.7 Å². The molecule has 0 radical (unpaired) electrons. The molecule has 3 heterocycles. The molecule has 0 aliphatic carbocycles. The Hall–Kier alpha value is -2.13. The number of hydrogen-bond donors (Lipinski definition) is 2. The number of H-pyrrole nitrogens is 1. The Kier molecular flexibility index (Phi) is 3.33. The molecule has 0 saturated heterocycles. The first-order valence-corrected chi connectivity index (χ1v) is 7.86. The molecule has 1 atom stereocenters. The number of aromatic amines is 1. The summed E-state index contributed by atoms with van der Waals surface area (Å²) in [6.45, 7) is 8.33. The zero-order chi connectivity index (χ0) is 16.1. The van der Waals surface area contributed by atoms with Gasteiger partial charge in [0.2, 0.25) is 0 Å². The number of rotatable bonds is 1. The Morgan fingerprint density at radius 1 is 1.45 bits per heavy atom. The Morgan fingerprint density at radius 2 is 2.18 bits per heavy atom. The number of fused-ring (bicyclic) bond motifs is 1. The van der Waals surface area contributed by atoms with Crippen molar-refractivity contribution in [2.45, 2.75) is 44.1 Å². The standard InChI is InChI=1S/C16H18N4OS/c1-8-11-12(13-10(5-6-21-13)16(2,3)4)9(7-17)14(18)22-15(11)20-19-8/h5-6,12H,18H2,1-4H3,(H,19,20). The summed E-state index contributed by atoms with van der Waals surface area (Å²) in [6, 6.07) is 4.23. The second-order valence-electron chi connectivity index (χ2n) is 6.44. The van der Waals surface area contributed by atoms with E-state index >= 15 is 0 Å². The van der Waals surface area contributed by atoms with Crippen LogP contribution < -0.4 is 5.73 Å². The van der Waals surface area contributed by atoms with E-state index in [1.54, 1.807) is 6.26 Å². The van der Waals surface area contributed by atoms with Gasteiger partial charge in [-0.1, -0.05) is 20.8 Å². The van der Waals surface area contributed by atoms with Crippen molar-refractivity contribution < 1.29 is 4.42 Å². The highest BCUT2D eigenvalue weighted by Crippen LogP contribution is 2.48. The molecule has 2 aromatic heterocycles. The fraction of sp³-hybridized carbons (Fsp3) is 0.375. The third kappa shape index (κ3) is 2.13. The zero-order valence-corrected chi connectivity index (χ0v) is 13.8. The summed E-state index contributed by atoms with van der Waals surface area (Å²) in [5, 5.41) is 18.2. The quantitative estimate of drug-likeness (QED) is 0.840. The molecule has 2 aromatic rings. The van der Waals surface area contributed by atoms with Gasteiger partial charge in [0, 0.05) is 11.3 Å². The number of aromatic nitrogens is 2. The second kappa shape index (κ2) is 4.96. The van der Waals surface area contributed by atoms with Crippen LogP contribution in [0.2, 0.25) is 0 Å². The van der Waals surface area contributed by atoms with Gasteiger partial charge in [-0.25, -0.2) is 0 Å². The first kappa shape index (κ1) is 14.8. The van der Waals surface area contributed by atoms with Crippen molar-refractivity contribution in [3.8, 4) is 6.07 Å². The van der Waals surface area contributed by atoms with E-state index in [4.69, 9.17) is 10.2 Å². The van der Waals surface area contributed by atoms with E-state index in [0.29, 0.717) is 10.6 Å². The molecule has 0 spiro atoms. The fourth-order valence-corrected chi connectivity index (χ4v) is 3.78. The average molecular weight is 314 g/mol. The molecule has 0 aromatic carbocycles. The molecule has 1 unspecified atom stereocenters. The molecule has 0 fully saturated rings. The van der Waals surface area contributed by atoms with Crippen molar-refractivity contribution in [2.24, 2.45) is 5.73 Å². The first-order chi connectivity index (χ1) is 10.3. The van der Waals surface area contributed by atoms with Crippen molar-refractivity contribution in [1.82, 2.24) is 10.2 Å². The minimum absolute atomic E-state index is 0.0833. The minimum Gasteiger partial charge on any atom is -0.468 e. The van der Waals surface area contributed by atoms with Gasteiger partial charge < -0.3 is 10.2 Å². The molecule has 1 aliphatic heterocycles. The molecule has 3 rings (SSSR count). The van der Waals surface area contributed by atoms with E-state index in [2.05, 4.69) is 37.0 Å². The van der Waals surface area contributed by atoms with E-state index in [0.717, 1.165) is 27.6 Å². The van der Waals surface area contributed by atoms with Crippen molar-refractivity contribution in [1.29, 1.82) is 5.26 Å². The average Bonchev–Trinajstić information content (AvgIpc) is 3.04. The van der Waals surface area contributed by atoms with Crippen LogP contribution in [0, 0.1) is 18.3 Å². The van der Waals surface area contributed by atoms with Gasteiger partial charge in [-0.2, -0.15) is 10.4 Å². The predicted octanol–water partition coefficient (Wildman–Crippen LogP) is 3.54. The number of nitrogens with zero attached hydrogens (tertiary/aromatic N) is 2. The molecule has 0 bridgehead atoms. The molecule has 22 heavy (non-hydrogen) atoms. The lowest BCUT2D eigenvalue weighted by atomic mass is 9.80. The first-order valence-electron chi connectivity index (χ1n) is 7.05. The summed E-state index contributed by atoms with van der Waals surface area (Å²) in [4.78, 5) is 0. The van der Waals surface area contributed by atoms with E-state index in [-0.39, 0.29) is 11.3 Å². The Balaban J connectivity index is 2.27. The summed E-state index contributed by atoms with van der Waals surface area (Å²) in [7, 11) is 0. The van der Waals surface area contributed by atoms with Crippen LogP contribution in [0.25, 0.3) is 0 Å². The molecule has 1 aliphatic rings. The summed E-state index contributed by atoms with van der Waals surface area (Å²) in [6.07, 6.45) is 1.68. The molecule has 5 nitrogen and oxygen atoms in total. The fourth-order valence-electron chi connectivity index (χ4n) is 2.82. The van der Waals surface area contributed by atoms with E-state index < -0.39 is 0 Å². The molecule has 114 valence electrons. The molecule has 0 saturated carbocycles. The van der Waals surface area contributed by atoms with Crippen molar-refractivity contribution >= 4 is 11.8 Å². The lowest BCUT2D eigenvalue weighted by Gasteiger charge is -2.26. The third-order valence-corrected chi connectivity index (χ3v) is 4.84. The lowest BCUT2D eigenvalue weighted by molar-refractivity contribution is 0.476. The van der Waals surface area contributed by atoms with Crippen LogP contribution in [0.1, 0.15) is 49.3 Å². The summed E-state index contributed by atoms with van der Waals surface area (Å²) in [5.41, 5.74) is 9.54. The lowest BCUT2D eigenvalue weighted by Crippen LogP contribution is -2.19. The number of allylic oxidation sites excluding steroid dienone is 1. The number of nitriles is 1. The second-order valence-corrected chi connectivity index (χ2v) is 7.47. The van der Waals surface area contributed by atoms with Gasteiger partial charge in [-0.15, -0.1) is 0 Å². The highest BCUT2D eigenvalue weighted by atomic mass is 32.2. The number of nitrogens with two attached hydrogens (primary N) is 1. The maximum absolute atomic E-state index is 9.60. The molecular weight excluding hydrogens is 296 g/mol. The third-order valence-electron chi connectivity index (χ3n) is 3.89. The van der Waals surface area contributed by atoms with Gasteiger partial charge in [0.1, 0.15) is 10.8 Å².